The van der Waals surface area contributed by atoms with E-state index in [0.29, 0.717) is 0 Å². The quantitative estimate of drug-likeness (QED) is 0.529. The number of carbonyl (C=O) groups excluding carboxylic acids is 1. The maximum Gasteiger partial charge on any atom is 0.240 e. The number of rotatable bonds is 1. The van der Waals surface area contributed by atoms with Crippen molar-refractivity contribution in [3.8, 4) is 0 Å². The number of hydrogen-bond donors (Lipinski definition) is 1. The van der Waals surface area contributed by atoms with Crippen LogP contribution in [0.15, 0.2) is 12.7 Å². The van der Waals surface area contributed by atoms with Crippen LogP contribution in [0, 0.1) is 0 Å². The number of amides is 1. The average molecular weight is 127 g/mol. The molecule has 0 atom stereocenters. The Hall–Kier alpha value is -0.790. The van der Waals surface area contributed by atoms with Gasteiger partial charge in [-0.1, -0.05) is 32.3 Å². The van der Waals surface area contributed by atoms with Crippen molar-refractivity contribution >= 4 is 5.91 Å². The molecule has 0 aliphatic heterocycles. The SMILES string of the molecule is C1CCC1.C=CC(N)=O. The van der Waals surface area contributed by atoms with Gasteiger partial charge in [0, 0.05) is 0 Å². The van der Waals surface area contributed by atoms with Crippen LogP contribution in [0.25, 0.3) is 0 Å². The van der Waals surface area contributed by atoms with Crippen LogP contribution in [0.1, 0.15) is 25.7 Å². The van der Waals surface area contributed by atoms with E-state index in [4.69, 9.17) is 0 Å². The third-order valence-electron chi connectivity index (χ3n) is 1.20. The lowest BCUT2D eigenvalue weighted by Gasteiger charge is -2.05. The Balaban J connectivity index is 0.000000144. The summed E-state index contributed by atoms with van der Waals surface area (Å²) in [6, 6.07) is 0. The molecular formula is C7H13NO. The first-order chi connectivity index (χ1) is 4.27. The van der Waals surface area contributed by atoms with Crippen LogP contribution in [-0.2, 0) is 4.79 Å². The second-order valence-corrected chi connectivity index (χ2v) is 2.02. The normalized spacial score (nSPS) is 14.2. The molecule has 2 nitrogen and oxygen atoms in total. The zero-order valence-corrected chi connectivity index (χ0v) is 5.60. The molecule has 0 heterocycles. The highest BCUT2D eigenvalue weighted by atomic mass is 16.1. The lowest BCUT2D eigenvalue weighted by atomic mass is 10.0. The van der Waals surface area contributed by atoms with Crippen LogP contribution < -0.4 is 5.73 Å². The van der Waals surface area contributed by atoms with E-state index >= 15 is 0 Å². The van der Waals surface area contributed by atoms with E-state index in [2.05, 4.69) is 12.3 Å². The molecule has 0 aromatic rings. The Morgan fingerprint density at radius 1 is 1.33 bits per heavy atom. The van der Waals surface area contributed by atoms with Crippen LogP contribution in [0.2, 0.25) is 0 Å². The van der Waals surface area contributed by atoms with Crippen molar-refractivity contribution in [2.75, 3.05) is 0 Å². The van der Waals surface area contributed by atoms with Crippen LogP contribution in [-0.4, -0.2) is 5.91 Å². The molecular weight excluding hydrogens is 114 g/mol. The highest BCUT2D eigenvalue weighted by molar-refractivity contribution is 5.84. The summed E-state index contributed by atoms with van der Waals surface area (Å²) < 4.78 is 0. The molecule has 9 heavy (non-hydrogen) atoms. The van der Waals surface area contributed by atoms with Crippen molar-refractivity contribution in [2.24, 2.45) is 5.73 Å². The minimum Gasteiger partial charge on any atom is -0.366 e. The minimum absolute atomic E-state index is 0.481. The summed E-state index contributed by atoms with van der Waals surface area (Å²) in [7, 11) is 0. The Morgan fingerprint density at radius 3 is 1.56 bits per heavy atom. The smallest absolute Gasteiger partial charge is 0.240 e. The van der Waals surface area contributed by atoms with Crippen molar-refractivity contribution in [1.82, 2.24) is 0 Å². The predicted molar refractivity (Wildman–Crippen MR) is 37.9 cm³/mol. The molecule has 1 saturated carbocycles. The fraction of sp³-hybridized carbons (Fsp3) is 0.571. The van der Waals surface area contributed by atoms with Gasteiger partial charge in [0.1, 0.15) is 0 Å². The summed E-state index contributed by atoms with van der Waals surface area (Å²) in [5, 5.41) is 0. The van der Waals surface area contributed by atoms with E-state index in [1.165, 1.54) is 25.7 Å². The monoisotopic (exact) mass is 127 g/mol. The first-order valence-electron chi connectivity index (χ1n) is 3.19. The molecule has 0 saturated heterocycles. The van der Waals surface area contributed by atoms with Gasteiger partial charge < -0.3 is 5.73 Å². The van der Waals surface area contributed by atoms with E-state index in [9.17, 15) is 4.79 Å². The fourth-order valence-corrected chi connectivity index (χ4v) is 0.250. The van der Waals surface area contributed by atoms with Crippen LogP contribution in [0.3, 0.4) is 0 Å². The van der Waals surface area contributed by atoms with E-state index in [1.54, 1.807) is 0 Å². The summed E-state index contributed by atoms with van der Waals surface area (Å²) >= 11 is 0. The molecule has 2 heteroatoms. The molecule has 0 aromatic heterocycles. The van der Waals surface area contributed by atoms with Crippen molar-refractivity contribution in [3.63, 3.8) is 0 Å². The molecule has 1 amide bonds. The van der Waals surface area contributed by atoms with Crippen molar-refractivity contribution < 1.29 is 4.79 Å². The average Bonchev–Trinajstić information content (AvgIpc) is 1.61. The van der Waals surface area contributed by atoms with Gasteiger partial charge in [-0.3, -0.25) is 4.79 Å². The van der Waals surface area contributed by atoms with Gasteiger partial charge in [-0.25, -0.2) is 0 Å². The molecule has 0 bridgehead atoms. The number of nitrogens with two attached hydrogens (primary N) is 1. The maximum atomic E-state index is 9.47. The van der Waals surface area contributed by atoms with Crippen LogP contribution in [0.5, 0.6) is 0 Å². The third kappa shape index (κ3) is 7.21. The van der Waals surface area contributed by atoms with E-state index in [0.717, 1.165) is 6.08 Å². The highest BCUT2D eigenvalue weighted by Crippen LogP contribution is 2.15. The van der Waals surface area contributed by atoms with Gasteiger partial charge in [-0.05, 0) is 6.08 Å². The maximum absolute atomic E-state index is 9.47. The van der Waals surface area contributed by atoms with E-state index < -0.39 is 5.91 Å². The molecule has 0 spiro atoms. The third-order valence-corrected chi connectivity index (χ3v) is 1.20. The van der Waals surface area contributed by atoms with Crippen molar-refractivity contribution in [1.29, 1.82) is 0 Å². The van der Waals surface area contributed by atoms with E-state index in [1.807, 2.05) is 0 Å². The summed E-state index contributed by atoms with van der Waals surface area (Å²) in [6.07, 6.45) is 7.06. The summed E-state index contributed by atoms with van der Waals surface area (Å²) in [4.78, 5) is 9.47. The van der Waals surface area contributed by atoms with Gasteiger partial charge in [0.25, 0.3) is 0 Å². The minimum atomic E-state index is -0.481. The Morgan fingerprint density at radius 2 is 1.56 bits per heavy atom. The van der Waals surface area contributed by atoms with Crippen molar-refractivity contribution in [2.45, 2.75) is 25.7 Å². The van der Waals surface area contributed by atoms with Crippen molar-refractivity contribution in [3.05, 3.63) is 12.7 Å². The number of hydrogen-bond acceptors (Lipinski definition) is 1. The highest BCUT2D eigenvalue weighted by Gasteiger charge is 1.95. The van der Waals surface area contributed by atoms with Gasteiger partial charge in [0.2, 0.25) is 5.91 Å². The topological polar surface area (TPSA) is 43.1 Å². The van der Waals surface area contributed by atoms with E-state index in [-0.39, 0.29) is 0 Å². The first kappa shape index (κ1) is 8.21. The zero-order valence-electron chi connectivity index (χ0n) is 5.60. The number of carbonyl (C=O) groups is 1. The molecule has 1 aliphatic carbocycles. The summed E-state index contributed by atoms with van der Waals surface area (Å²) in [5.74, 6) is -0.481. The van der Waals surface area contributed by atoms with Crippen LogP contribution in [0.4, 0.5) is 0 Å². The standard InChI is InChI=1S/C4H8.C3H5NO/c1-2-4-3-1;1-2-3(4)5/h1-4H2;2H,1H2,(H2,4,5). The Bertz CT molecular complexity index is 91.1. The summed E-state index contributed by atoms with van der Waals surface area (Å²) in [6.45, 7) is 3.09. The molecule has 1 fully saturated rings. The van der Waals surface area contributed by atoms with Gasteiger partial charge in [-0.15, -0.1) is 0 Å². The Labute approximate surface area is 55.7 Å². The van der Waals surface area contributed by atoms with Gasteiger partial charge in [0.15, 0.2) is 0 Å². The molecule has 0 aromatic carbocycles. The zero-order chi connectivity index (χ0) is 7.11. The predicted octanol–water partition coefficient (Wildman–Crippen LogP) is 1.22. The van der Waals surface area contributed by atoms with Gasteiger partial charge in [0.05, 0.1) is 0 Å². The van der Waals surface area contributed by atoms with Gasteiger partial charge in [-0.2, -0.15) is 0 Å². The van der Waals surface area contributed by atoms with Gasteiger partial charge >= 0.3 is 0 Å². The summed E-state index contributed by atoms with van der Waals surface area (Å²) in [5.41, 5.74) is 4.53. The molecule has 2 N–H and O–H groups in total. The molecule has 0 radical (unpaired) electrons. The second kappa shape index (κ2) is 5.35. The fourth-order valence-electron chi connectivity index (χ4n) is 0.250. The largest absolute Gasteiger partial charge is 0.366 e. The lowest BCUT2D eigenvalue weighted by molar-refractivity contribution is -0.113. The number of primary amides is 1. The molecule has 1 aliphatic rings. The molecule has 52 valence electrons. The van der Waals surface area contributed by atoms with Crippen LogP contribution >= 0.6 is 0 Å². The first-order valence-corrected chi connectivity index (χ1v) is 3.19. The second-order valence-electron chi connectivity index (χ2n) is 2.02. The molecule has 1 rings (SSSR count). The lowest BCUT2D eigenvalue weighted by Crippen LogP contribution is -2.04. The molecule has 0 unspecified atom stereocenters. The Kier molecular flexibility index (Phi) is 4.88.